The fourth-order valence-electron chi connectivity index (χ4n) is 2.50. The van der Waals surface area contributed by atoms with Crippen molar-refractivity contribution in [2.75, 3.05) is 5.32 Å². The van der Waals surface area contributed by atoms with Crippen LogP contribution in [0.2, 0.25) is 0 Å². The summed E-state index contributed by atoms with van der Waals surface area (Å²) in [5, 5.41) is 3.58. The molecular formula is C15H24N2. The Balaban J connectivity index is 2.08. The van der Waals surface area contributed by atoms with Crippen LogP contribution in [0.1, 0.15) is 58.9 Å². The number of hydrogen-bond acceptors (Lipinski definition) is 2. The van der Waals surface area contributed by atoms with E-state index >= 15 is 0 Å². The normalized spacial score (nSPS) is 19.3. The van der Waals surface area contributed by atoms with Gasteiger partial charge in [0.05, 0.1) is 0 Å². The van der Waals surface area contributed by atoms with E-state index in [1.807, 2.05) is 6.20 Å². The number of hydrogen-bond donors (Lipinski definition) is 1. The molecule has 1 aromatic heterocycles. The Bertz CT molecular complexity index is 367. The molecule has 2 heteroatoms. The fourth-order valence-corrected chi connectivity index (χ4v) is 2.50. The molecule has 1 heterocycles. The summed E-state index contributed by atoms with van der Waals surface area (Å²) in [6.07, 6.45) is 7.19. The third kappa shape index (κ3) is 2.99. The molecular weight excluding hydrogens is 208 g/mol. The van der Waals surface area contributed by atoms with E-state index in [0.29, 0.717) is 0 Å². The molecule has 0 saturated heterocycles. The lowest BCUT2D eigenvalue weighted by atomic mass is 9.88. The van der Waals surface area contributed by atoms with Crippen molar-refractivity contribution in [2.24, 2.45) is 0 Å². The lowest BCUT2D eigenvalue weighted by molar-refractivity contribution is 0.530. The molecule has 94 valence electrons. The largest absolute Gasteiger partial charge is 0.365 e. The fraction of sp³-hybridized carbons (Fsp3) is 0.667. The van der Waals surface area contributed by atoms with Gasteiger partial charge in [0.25, 0.3) is 0 Å². The first-order valence-corrected chi connectivity index (χ1v) is 6.64. The number of anilines is 1. The van der Waals surface area contributed by atoms with E-state index < -0.39 is 0 Å². The third-order valence-electron chi connectivity index (χ3n) is 3.77. The van der Waals surface area contributed by atoms with Crippen LogP contribution in [0.15, 0.2) is 18.3 Å². The number of pyridine rings is 1. The molecule has 0 unspecified atom stereocenters. The molecule has 1 saturated carbocycles. The van der Waals surface area contributed by atoms with E-state index in [1.54, 1.807) is 0 Å². The van der Waals surface area contributed by atoms with Crippen LogP contribution in [-0.2, 0) is 5.41 Å². The molecule has 17 heavy (non-hydrogen) atoms. The summed E-state index contributed by atoms with van der Waals surface area (Å²) in [5.74, 6) is 1.02. The Morgan fingerprint density at radius 1 is 1.18 bits per heavy atom. The predicted octanol–water partition coefficient (Wildman–Crippen LogP) is 4.12. The van der Waals surface area contributed by atoms with Crippen LogP contribution in [0.4, 0.5) is 5.82 Å². The molecule has 2 nitrogen and oxygen atoms in total. The van der Waals surface area contributed by atoms with Crippen LogP contribution in [0.3, 0.4) is 0 Å². The molecule has 0 bridgehead atoms. The second-order valence-electron chi connectivity index (χ2n) is 6.57. The smallest absolute Gasteiger partial charge is 0.126 e. The summed E-state index contributed by atoms with van der Waals surface area (Å²) in [6, 6.07) is 4.30. The van der Waals surface area contributed by atoms with Crippen LogP contribution in [-0.4, -0.2) is 10.5 Å². The monoisotopic (exact) mass is 232 g/mol. The van der Waals surface area contributed by atoms with Gasteiger partial charge >= 0.3 is 0 Å². The number of rotatable bonds is 2. The minimum absolute atomic E-state index is 0.183. The van der Waals surface area contributed by atoms with Gasteiger partial charge in [0.15, 0.2) is 0 Å². The Morgan fingerprint density at radius 2 is 1.82 bits per heavy atom. The van der Waals surface area contributed by atoms with Gasteiger partial charge in [0, 0.05) is 11.7 Å². The summed E-state index contributed by atoms with van der Waals surface area (Å²) >= 11 is 0. The quantitative estimate of drug-likeness (QED) is 0.829. The van der Waals surface area contributed by atoms with Crippen molar-refractivity contribution in [1.29, 1.82) is 0 Å². The first-order valence-electron chi connectivity index (χ1n) is 6.64. The van der Waals surface area contributed by atoms with E-state index in [9.17, 15) is 0 Å². The lowest BCUT2D eigenvalue weighted by Crippen LogP contribution is -2.31. The van der Waals surface area contributed by atoms with Crippen molar-refractivity contribution >= 4 is 5.82 Å². The SMILES string of the molecule is CC1(Nc2ccc(C(C)(C)C)cn2)CCCC1. The highest BCUT2D eigenvalue weighted by atomic mass is 15.0. The standard InChI is InChI=1S/C15H24N2/c1-14(2,3)12-7-8-13(16-11-12)17-15(4)9-5-6-10-15/h7-8,11H,5-6,9-10H2,1-4H3,(H,16,17). The van der Waals surface area contributed by atoms with Crippen molar-refractivity contribution in [3.8, 4) is 0 Å². The molecule has 0 aromatic carbocycles. The topological polar surface area (TPSA) is 24.9 Å². The second kappa shape index (κ2) is 4.32. The van der Waals surface area contributed by atoms with Crippen LogP contribution in [0.25, 0.3) is 0 Å². The Morgan fingerprint density at radius 3 is 2.29 bits per heavy atom. The molecule has 1 aliphatic rings. The number of nitrogens with zero attached hydrogens (tertiary/aromatic N) is 1. The zero-order valence-electron chi connectivity index (χ0n) is 11.5. The summed E-state index contributed by atoms with van der Waals surface area (Å²) in [4.78, 5) is 4.54. The zero-order chi connectivity index (χ0) is 12.5. The van der Waals surface area contributed by atoms with Crippen molar-refractivity contribution < 1.29 is 0 Å². The first-order chi connectivity index (χ1) is 7.89. The molecule has 0 spiro atoms. The van der Waals surface area contributed by atoms with Crippen LogP contribution >= 0.6 is 0 Å². The van der Waals surface area contributed by atoms with Crippen LogP contribution in [0.5, 0.6) is 0 Å². The van der Waals surface area contributed by atoms with E-state index in [0.717, 1.165) is 5.82 Å². The van der Waals surface area contributed by atoms with Gasteiger partial charge in [-0.3, -0.25) is 0 Å². The van der Waals surface area contributed by atoms with Gasteiger partial charge in [-0.1, -0.05) is 39.7 Å². The average molecular weight is 232 g/mol. The van der Waals surface area contributed by atoms with Crippen molar-refractivity contribution in [3.05, 3.63) is 23.9 Å². The number of nitrogens with one attached hydrogen (secondary N) is 1. The minimum atomic E-state index is 0.183. The molecule has 0 amide bonds. The van der Waals surface area contributed by atoms with Crippen molar-refractivity contribution in [1.82, 2.24) is 4.98 Å². The highest BCUT2D eigenvalue weighted by Crippen LogP contribution is 2.32. The minimum Gasteiger partial charge on any atom is -0.365 e. The maximum Gasteiger partial charge on any atom is 0.126 e. The summed E-state index contributed by atoms with van der Waals surface area (Å²) in [7, 11) is 0. The van der Waals surface area contributed by atoms with Crippen molar-refractivity contribution in [2.45, 2.75) is 64.3 Å². The van der Waals surface area contributed by atoms with E-state index in [1.165, 1.54) is 31.2 Å². The van der Waals surface area contributed by atoms with Crippen LogP contribution in [0, 0.1) is 0 Å². The Kier molecular flexibility index (Phi) is 3.15. The number of aromatic nitrogens is 1. The van der Waals surface area contributed by atoms with E-state index in [4.69, 9.17) is 0 Å². The van der Waals surface area contributed by atoms with Gasteiger partial charge in [-0.15, -0.1) is 0 Å². The molecule has 0 aliphatic heterocycles. The maximum absolute atomic E-state index is 4.54. The summed E-state index contributed by atoms with van der Waals surface area (Å²) in [5.41, 5.74) is 1.73. The highest BCUT2D eigenvalue weighted by molar-refractivity contribution is 5.40. The van der Waals surface area contributed by atoms with Gasteiger partial charge in [-0.25, -0.2) is 4.98 Å². The lowest BCUT2D eigenvalue weighted by Gasteiger charge is -2.26. The molecule has 1 aliphatic carbocycles. The first kappa shape index (κ1) is 12.4. The Labute approximate surface area is 105 Å². The third-order valence-corrected chi connectivity index (χ3v) is 3.77. The molecule has 1 N–H and O–H groups in total. The average Bonchev–Trinajstić information content (AvgIpc) is 2.64. The van der Waals surface area contributed by atoms with Gasteiger partial charge in [0.1, 0.15) is 5.82 Å². The van der Waals surface area contributed by atoms with Crippen LogP contribution < -0.4 is 5.32 Å². The summed E-state index contributed by atoms with van der Waals surface area (Å²) < 4.78 is 0. The maximum atomic E-state index is 4.54. The summed E-state index contributed by atoms with van der Waals surface area (Å²) in [6.45, 7) is 8.96. The molecule has 0 radical (unpaired) electrons. The zero-order valence-corrected chi connectivity index (χ0v) is 11.5. The molecule has 2 rings (SSSR count). The van der Waals surface area contributed by atoms with E-state index in [2.05, 4.69) is 50.1 Å². The van der Waals surface area contributed by atoms with Crippen molar-refractivity contribution in [3.63, 3.8) is 0 Å². The molecule has 0 atom stereocenters. The Hall–Kier alpha value is -1.05. The van der Waals surface area contributed by atoms with Gasteiger partial charge in [-0.2, -0.15) is 0 Å². The highest BCUT2D eigenvalue weighted by Gasteiger charge is 2.28. The van der Waals surface area contributed by atoms with Gasteiger partial charge < -0.3 is 5.32 Å². The second-order valence-corrected chi connectivity index (χ2v) is 6.57. The predicted molar refractivity (Wildman–Crippen MR) is 73.4 cm³/mol. The van der Waals surface area contributed by atoms with Gasteiger partial charge in [0.2, 0.25) is 0 Å². The van der Waals surface area contributed by atoms with E-state index in [-0.39, 0.29) is 11.0 Å². The molecule has 1 aromatic rings. The molecule has 1 fully saturated rings. The van der Waals surface area contributed by atoms with Gasteiger partial charge in [-0.05, 0) is 36.8 Å².